The second-order valence-corrected chi connectivity index (χ2v) is 4.82. The number of methoxy groups -OCH3 is 1. The maximum atomic E-state index is 11.7. The first-order chi connectivity index (χ1) is 9.19. The maximum Gasteiger partial charge on any atom is 0.238 e. The Hall–Kier alpha value is -1.59. The Morgan fingerprint density at radius 2 is 2.32 bits per heavy atom. The van der Waals surface area contributed by atoms with E-state index in [4.69, 9.17) is 4.74 Å². The minimum absolute atomic E-state index is 0.128. The van der Waals surface area contributed by atoms with Crippen molar-refractivity contribution in [2.24, 2.45) is 5.92 Å². The molecule has 0 aromatic heterocycles. The highest BCUT2D eigenvalue weighted by Gasteiger charge is 2.29. The van der Waals surface area contributed by atoms with Crippen LogP contribution in [0.25, 0.3) is 0 Å². The van der Waals surface area contributed by atoms with Crippen molar-refractivity contribution in [2.75, 3.05) is 25.5 Å². The van der Waals surface area contributed by atoms with Crippen molar-refractivity contribution in [1.29, 1.82) is 0 Å². The summed E-state index contributed by atoms with van der Waals surface area (Å²) >= 11 is 0. The Balaban J connectivity index is 1.70. The Bertz CT molecular complexity index is 432. The van der Waals surface area contributed by atoms with E-state index in [0.717, 1.165) is 12.8 Å². The van der Waals surface area contributed by atoms with Crippen LogP contribution in [0.3, 0.4) is 0 Å². The number of anilines is 1. The van der Waals surface area contributed by atoms with Crippen molar-refractivity contribution in [1.82, 2.24) is 5.32 Å². The van der Waals surface area contributed by atoms with Crippen LogP contribution in [0.4, 0.5) is 5.69 Å². The largest absolute Gasteiger partial charge is 0.497 e. The number of amides is 1. The van der Waals surface area contributed by atoms with Gasteiger partial charge in [0.05, 0.1) is 19.8 Å². The van der Waals surface area contributed by atoms with E-state index >= 15 is 0 Å². The van der Waals surface area contributed by atoms with E-state index in [1.807, 2.05) is 12.1 Å². The van der Waals surface area contributed by atoms with Crippen LogP contribution in [-0.2, 0) is 4.79 Å². The Kier molecular flexibility index (Phi) is 4.76. The standard InChI is InChI=1S/C14H20N2O3/c1-19-12-4-2-3-11(7-12)16-14(18)9-15-8-13(17)10-5-6-10/h2-4,7,10,13,15,17H,5-6,8-9H2,1H3,(H,16,18). The SMILES string of the molecule is COc1cccc(NC(=O)CNCC(O)C2CC2)c1. The third kappa shape index (κ3) is 4.54. The average molecular weight is 264 g/mol. The Morgan fingerprint density at radius 3 is 3.00 bits per heavy atom. The number of ether oxygens (including phenoxy) is 1. The van der Waals surface area contributed by atoms with E-state index in [1.54, 1.807) is 19.2 Å². The van der Waals surface area contributed by atoms with E-state index in [0.29, 0.717) is 23.9 Å². The molecule has 0 aliphatic heterocycles. The zero-order valence-corrected chi connectivity index (χ0v) is 11.1. The molecule has 1 aromatic rings. The van der Waals surface area contributed by atoms with Gasteiger partial charge in [-0.25, -0.2) is 0 Å². The number of hydrogen-bond donors (Lipinski definition) is 3. The number of hydrogen-bond acceptors (Lipinski definition) is 4. The van der Waals surface area contributed by atoms with Crippen molar-refractivity contribution < 1.29 is 14.6 Å². The molecule has 5 heteroatoms. The molecule has 1 aromatic carbocycles. The number of rotatable bonds is 7. The van der Waals surface area contributed by atoms with E-state index < -0.39 is 0 Å². The summed E-state index contributed by atoms with van der Waals surface area (Å²) < 4.78 is 5.08. The number of carbonyl (C=O) groups excluding carboxylic acids is 1. The first kappa shape index (κ1) is 13.8. The summed E-state index contributed by atoms with van der Waals surface area (Å²) in [5, 5.41) is 15.4. The molecule has 1 aliphatic carbocycles. The molecule has 0 saturated heterocycles. The summed E-state index contributed by atoms with van der Waals surface area (Å²) in [7, 11) is 1.59. The van der Waals surface area contributed by atoms with Gasteiger partial charge in [0.2, 0.25) is 5.91 Å². The van der Waals surface area contributed by atoms with Gasteiger partial charge in [0, 0.05) is 18.3 Å². The van der Waals surface area contributed by atoms with Crippen LogP contribution in [0.5, 0.6) is 5.75 Å². The average Bonchev–Trinajstić information content (AvgIpc) is 3.23. The van der Waals surface area contributed by atoms with Gasteiger partial charge in [0.25, 0.3) is 0 Å². The Morgan fingerprint density at radius 1 is 1.53 bits per heavy atom. The summed E-state index contributed by atoms with van der Waals surface area (Å²) in [5.41, 5.74) is 0.703. The minimum atomic E-state index is -0.329. The molecule has 1 aliphatic rings. The van der Waals surface area contributed by atoms with Crippen LogP contribution in [0.15, 0.2) is 24.3 Å². The number of nitrogens with one attached hydrogen (secondary N) is 2. The molecular formula is C14H20N2O3. The molecule has 1 saturated carbocycles. The highest BCUT2D eigenvalue weighted by molar-refractivity contribution is 5.92. The number of aliphatic hydroxyl groups is 1. The van der Waals surface area contributed by atoms with Crippen molar-refractivity contribution in [2.45, 2.75) is 18.9 Å². The van der Waals surface area contributed by atoms with Crippen LogP contribution in [0.2, 0.25) is 0 Å². The topological polar surface area (TPSA) is 70.6 Å². The highest BCUT2D eigenvalue weighted by atomic mass is 16.5. The predicted octanol–water partition coefficient (Wildman–Crippen LogP) is 0.994. The number of carbonyl (C=O) groups is 1. The van der Waals surface area contributed by atoms with E-state index in [9.17, 15) is 9.90 Å². The fraction of sp³-hybridized carbons (Fsp3) is 0.500. The first-order valence-electron chi connectivity index (χ1n) is 6.51. The second-order valence-electron chi connectivity index (χ2n) is 4.82. The van der Waals surface area contributed by atoms with Gasteiger partial charge in [-0.3, -0.25) is 4.79 Å². The van der Waals surface area contributed by atoms with Gasteiger partial charge in [-0.05, 0) is 30.9 Å². The smallest absolute Gasteiger partial charge is 0.238 e. The summed E-state index contributed by atoms with van der Waals surface area (Å²) in [5.74, 6) is 1.00. The minimum Gasteiger partial charge on any atom is -0.497 e. The second kappa shape index (κ2) is 6.54. The molecule has 1 amide bonds. The van der Waals surface area contributed by atoms with Gasteiger partial charge in [0.15, 0.2) is 0 Å². The highest BCUT2D eigenvalue weighted by Crippen LogP contribution is 2.32. The lowest BCUT2D eigenvalue weighted by atomic mass is 10.2. The monoisotopic (exact) mass is 264 g/mol. The Labute approximate surface area is 113 Å². The van der Waals surface area contributed by atoms with E-state index in [2.05, 4.69) is 10.6 Å². The van der Waals surface area contributed by atoms with Crippen molar-refractivity contribution in [3.05, 3.63) is 24.3 Å². The number of aliphatic hydroxyl groups excluding tert-OH is 1. The third-order valence-electron chi connectivity index (χ3n) is 3.16. The number of benzene rings is 1. The molecule has 1 unspecified atom stereocenters. The van der Waals surface area contributed by atoms with Crippen LogP contribution in [0.1, 0.15) is 12.8 Å². The zero-order valence-electron chi connectivity index (χ0n) is 11.1. The molecule has 0 radical (unpaired) electrons. The molecular weight excluding hydrogens is 244 g/mol. The molecule has 0 bridgehead atoms. The van der Waals surface area contributed by atoms with Gasteiger partial charge < -0.3 is 20.5 Å². The van der Waals surface area contributed by atoms with Gasteiger partial charge in [-0.15, -0.1) is 0 Å². The van der Waals surface area contributed by atoms with Crippen molar-refractivity contribution in [3.8, 4) is 5.75 Å². The molecule has 0 spiro atoms. The zero-order chi connectivity index (χ0) is 13.7. The molecule has 5 nitrogen and oxygen atoms in total. The molecule has 1 fully saturated rings. The first-order valence-corrected chi connectivity index (χ1v) is 6.51. The predicted molar refractivity (Wildman–Crippen MR) is 73.2 cm³/mol. The maximum absolute atomic E-state index is 11.7. The fourth-order valence-corrected chi connectivity index (χ4v) is 1.89. The van der Waals surface area contributed by atoms with Gasteiger partial charge in [-0.2, -0.15) is 0 Å². The lowest BCUT2D eigenvalue weighted by Crippen LogP contribution is -2.34. The quantitative estimate of drug-likeness (QED) is 0.687. The molecule has 2 rings (SSSR count). The van der Waals surface area contributed by atoms with Crippen LogP contribution in [-0.4, -0.2) is 37.3 Å². The lowest BCUT2D eigenvalue weighted by Gasteiger charge is -2.11. The van der Waals surface area contributed by atoms with Crippen molar-refractivity contribution in [3.63, 3.8) is 0 Å². The summed E-state index contributed by atoms with van der Waals surface area (Å²) in [6, 6.07) is 7.20. The molecule has 0 heterocycles. The van der Waals surface area contributed by atoms with Gasteiger partial charge in [0.1, 0.15) is 5.75 Å². The fourth-order valence-electron chi connectivity index (χ4n) is 1.89. The molecule has 19 heavy (non-hydrogen) atoms. The van der Waals surface area contributed by atoms with Crippen LogP contribution in [0, 0.1) is 5.92 Å². The summed E-state index contributed by atoms with van der Waals surface area (Å²) in [6.07, 6.45) is 1.86. The van der Waals surface area contributed by atoms with Crippen LogP contribution < -0.4 is 15.4 Å². The van der Waals surface area contributed by atoms with E-state index in [-0.39, 0.29) is 18.6 Å². The van der Waals surface area contributed by atoms with Gasteiger partial charge >= 0.3 is 0 Å². The molecule has 104 valence electrons. The molecule has 3 N–H and O–H groups in total. The van der Waals surface area contributed by atoms with E-state index in [1.165, 1.54) is 0 Å². The summed E-state index contributed by atoms with van der Waals surface area (Å²) in [4.78, 5) is 11.7. The molecule has 1 atom stereocenters. The lowest BCUT2D eigenvalue weighted by molar-refractivity contribution is -0.115. The summed E-state index contributed by atoms with van der Waals surface area (Å²) in [6.45, 7) is 0.664. The van der Waals surface area contributed by atoms with Gasteiger partial charge in [-0.1, -0.05) is 6.07 Å². The van der Waals surface area contributed by atoms with Crippen molar-refractivity contribution >= 4 is 11.6 Å². The third-order valence-corrected chi connectivity index (χ3v) is 3.16. The normalized spacial score (nSPS) is 15.9. The van der Waals surface area contributed by atoms with Crippen LogP contribution >= 0.6 is 0 Å².